The first-order chi connectivity index (χ1) is 19.3. The molecule has 1 atom stereocenters. The van der Waals surface area contributed by atoms with Gasteiger partial charge in [-0.1, -0.05) is 181 Å². The van der Waals surface area contributed by atoms with E-state index in [1.165, 1.54) is 199 Å². The molecule has 0 radical (unpaired) electrons. The fraction of sp³-hybridized carbons (Fsp3) is 0.946. The number of nitrogens with zero attached hydrogens (tertiary/aromatic N) is 2. The van der Waals surface area contributed by atoms with Crippen molar-refractivity contribution in [2.24, 2.45) is 0 Å². The van der Waals surface area contributed by atoms with E-state index in [9.17, 15) is 0 Å². The van der Waals surface area contributed by atoms with Gasteiger partial charge in [-0.2, -0.15) is 0 Å². The highest BCUT2D eigenvalue weighted by molar-refractivity contribution is 4.97. The van der Waals surface area contributed by atoms with E-state index in [-0.39, 0.29) is 0 Å². The van der Waals surface area contributed by atoms with E-state index < -0.39 is 0 Å². The molecule has 0 aliphatic carbocycles. The predicted molar refractivity (Wildman–Crippen MR) is 177 cm³/mol. The molecule has 0 aromatic heterocycles. The lowest BCUT2D eigenvalue weighted by atomic mass is 10.0. The highest BCUT2D eigenvalue weighted by atomic mass is 15.4. The summed E-state index contributed by atoms with van der Waals surface area (Å²) in [6.45, 7) is 9.47. The van der Waals surface area contributed by atoms with Crippen molar-refractivity contribution in [2.45, 2.75) is 213 Å². The van der Waals surface area contributed by atoms with Gasteiger partial charge in [0.2, 0.25) is 0 Å². The Kier molecular flexibility index (Phi) is 26.9. The van der Waals surface area contributed by atoms with Gasteiger partial charge in [0.25, 0.3) is 0 Å². The molecular formula is C37H74N2. The Bertz CT molecular complexity index is 502. The van der Waals surface area contributed by atoms with Gasteiger partial charge in [-0.15, -0.1) is 0 Å². The second-order valence-corrected chi connectivity index (χ2v) is 12.9. The van der Waals surface area contributed by atoms with Gasteiger partial charge in [0.1, 0.15) is 6.17 Å². The Labute approximate surface area is 248 Å². The Morgan fingerprint density at radius 1 is 0.333 bits per heavy atom. The first kappa shape index (κ1) is 36.4. The van der Waals surface area contributed by atoms with Crippen LogP contribution in [0.5, 0.6) is 0 Å². The Balaban J connectivity index is 2.21. The van der Waals surface area contributed by atoms with Crippen LogP contribution in [0.25, 0.3) is 0 Å². The molecule has 0 N–H and O–H groups in total. The maximum atomic E-state index is 2.71. The van der Waals surface area contributed by atoms with E-state index in [2.05, 4.69) is 43.0 Å². The molecule has 0 bridgehead atoms. The number of hydrogen-bond acceptors (Lipinski definition) is 2. The van der Waals surface area contributed by atoms with Crippen LogP contribution in [0.3, 0.4) is 0 Å². The molecule has 0 amide bonds. The largest absolute Gasteiger partial charge is 0.356 e. The average Bonchev–Trinajstić information content (AvgIpc) is 3.33. The van der Waals surface area contributed by atoms with E-state index in [1.807, 2.05) is 0 Å². The smallest absolute Gasteiger partial charge is 0.101 e. The van der Waals surface area contributed by atoms with E-state index in [4.69, 9.17) is 0 Å². The third kappa shape index (κ3) is 21.7. The first-order valence-corrected chi connectivity index (χ1v) is 18.5. The number of unbranched alkanes of at least 4 members (excludes halogenated alkanes) is 25. The summed E-state index contributed by atoms with van der Waals surface area (Å²) in [7, 11) is 0. The van der Waals surface area contributed by atoms with Gasteiger partial charge in [-0.25, -0.2) is 0 Å². The number of hydrogen-bond donors (Lipinski definition) is 0. The van der Waals surface area contributed by atoms with Gasteiger partial charge in [-0.05, 0) is 25.7 Å². The molecule has 1 aliphatic heterocycles. The van der Waals surface area contributed by atoms with Crippen LogP contribution in [-0.4, -0.2) is 29.1 Å². The van der Waals surface area contributed by atoms with Crippen molar-refractivity contribution in [1.29, 1.82) is 0 Å². The van der Waals surface area contributed by atoms with Crippen molar-refractivity contribution in [3.05, 3.63) is 12.4 Å². The Hall–Kier alpha value is -0.660. The van der Waals surface area contributed by atoms with Gasteiger partial charge in [0.05, 0.1) is 0 Å². The van der Waals surface area contributed by atoms with E-state index in [1.54, 1.807) is 0 Å². The van der Waals surface area contributed by atoms with Gasteiger partial charge in [-0.3, -0.25) is 0 Å². The summed E-state index contributed by atoms with van der Waals surface area (Å²) in [5, 5.41) is 0. The fourth-order valence-electron chi connectivity index (χ4n) is 6.36. The van der Waals surface area contributed by atoms with Gasteiger partial charge < -0.3 is 9.80 Å². The molecule has 232 valence electrons. The minimum Gasteiger partial charge on any atom is -0.356 e. The number of rotatable bonds is 31. The van der Waals surface area contributed by atoms with Crippen LogP contribution in [0.4, 0.5) is 0 Å². The third-order valence-electron chi connectivity index (χ3n) is 9.07. The minimum absolute atomic E-state index is 0.641. The third-order valence-corrected chi connectivity index (χ3v) is 9.07. The summed E-state index contributed by atoms with van der Waals surface area (Å²) < 4.78 is 0. The predicted octanol–water partition coefficient (Wildman–Crippen LogP) is 12.8. The van der Waals surface area contributed by atoms with Crippen LogP contribution < -0.4 is 0 Å². The summed E-state index contributed by atoms with van der Waals surface area (Å²) in [6.07, 6.45) is 46.9. The molecule has 0 fully saturated rings. The molecular weight excluding hydrogens is 472 g/mol. The second kappa shape index (κ2) is 28.9. The highest BCUT2D eigenvalue weighted by Crippen LogP contribution is 2.24. The van der Waals surface area contributed by atoms with Crippen LogP contribution in [0.2, 0.25) is 0 Å². The molecule has 1 rings (SSSR count). The lowest BCUT2D eigenvalue weighted by Gasteiger charge is -2.33. The molecule has 1 aliphatic rings. The maximum Gasteiger partial charge on any atom is 0.101 e. The highest BCUT2D eigenvalue weighted by Gasteiger charge is 2.24. The standard InChI is InChI=1S/C37H74N2/c1-4-7-10-13-16-18-20-22-24-26-29-32-37-38(33-30-27-15-12-9-6-3)35-36-39(37)34-31-28-25-23-21-19-17-14-11-8-5-2/h35-37H,4-34H2,1-3H3. The summed E-state index contributed by atoms with van der Waals surface area (Å²) >= 11 is 0. The summed E-state index contributed by atoms with van der Waals surface area (Å²) in [5.41, 5.74) is 0. The van der Waals surface area contributed by atoms with Crippen LogP contribution in [0.1, 0.15) is 207 Å². The van der Waals surface area contributed by atoms with Crippen LogP contribution >= 0.6 is 0 Å². The lowest BCUT2D eigenvalue weighted by Crippen LogP contribution is -2.39. The zero-order chi connectivity index (χ0) is 28.1. The summed E-state index contributed by atoms with van der Waals surface area (Å²) in [6, 6.07) is 0. The minimum atomic E-state index is 0.641. The van der Waals surface area contributed by atoms with Crippen molar-refractivity contribution in [3.63, 3.8) is 0 Å². The Morgan fingerprint density at radius 2 is 0.590 bits per heavy atom. The molecule has 0 saturated heterocycles. The molecule has 2 heteroatoms. The zero-order valence-electron chi connectivity index (χ0n) is 27.5. The van der Waals surface area contributed by atoms with Crippen molar-refractivity contribution in [3.8, 4) is 0 Å². The van der Waals surface area contributed by atoms with E-state index in [0.717, 1.165) is 0 Å². The summed E-state index contributed by atoms with van der Waals surface area (Å²) in [4.78, 5) is 5.41. The first-order valence-electron chi connectivity index (χ1n) is 18.5. The summed E-state index contributed by atoms with van der Waals surface area (Å²) in [5.74, 6) is 0. The van der Waals surface area contributed by atoms with Crippen LogP contribution in [-0.2, 0) is 0 Å². The molecule has 1 heterocycles. The zero-order valence-corrected chi connectivity index (χ0v) is 27.5. The van der Waals surface area contributed by atoms with Crippen LogP contribution in [0.15, 0.2) is 12.4 Å². The van der Waals surface area contributed by atoms with Gasteiger partial charge >= 0.3 is 0 Å². The van der Waals surface area contributed by atoms with E-state index in [0.29, 0.717) is 6.17 Å². The van der Waals surface area contributed by atoms with Crippen LogP contribution in [0, 0.1) is 0 Å². The second-order valence-electron chi connectivity index (χ2n) is 12.9. The molecule has 2 nitrogen and oxygen atoms in total. The lowest BCUT2D eigenvalue weighted by molar-refractivity contribution is 0.135. The molecule has 1 unspecified atom stereocenters. The quantitative estimate of drug-likeness (QED) is 0.0798. The molecule has 39 heavy (non-hydrogen) atoms. The topological polar surface area (TPSA) is 6.48 Å². The maximum absolute atomic E-state index is 2.71. The SMILES string of the molecule is CCCCCCCCCCCCCC1N(CCCCCCCC)C=CN1CCCCCCCCCCCCC. The van der Waals surface area contributed by atoms with Crippen molar-refractivity contribution in [1.82, 2.24) is 9.80 Å². The van der Waals surface area contributed by atoms with Crippen molar-refractivity contribution >= 4 is 0 Å². The molecule has 0 spiro atoms. The molecule has 0 aromatic rings. The van der Waals surface area contributed by atoms with Crippen molar-refractivity contribution < 1.29 is 0 Å². The van der Waals surface area contributed by atoms with Crippen molar-refractivity contribution in [2.75, 3.05) is 13.1 Å². The fourth-order valence-corrected chi connectivity index (χ4v) is 6.36. The average molecular weight is 547 g/mol. The van der Waals surface area contributed by atoms with Gasteiger partial charge in [0.15, 0.2) is 0 Å². The Morgan fingerprint density at radius 3 is 0.897 bits per heavy atom. The van der Waals surface area contributed by atoms with E-state index >= 15 is 0 Å². The molecule has 0 saturated carbocycles. The molecule has 0 aromatic carbocycles. The van der Waals surface area contributed by atoms with Gasteiger partial charge in [0, 0.05) is 25.5 Å². The monoisotopic (exact) mass is 547 g/mol. The normalized spacial score (nSPS) is 15.2.